The first-order valence-corrected chi connectivity index (χ1v) is 9.44. The van der Waals surface area contributed by atoms with Gasteiger partial charge in [0.2, 0.25) is 5.91 Å². The molecule has 6 heteroatoms. The Kier molecular flexibility index (Phi) is 5.85. The van der Waals surface area contributed by atoms with Crippen LogP contribution < -0.4 is 5.32 Å². The molecule has 5 nitrogen and oxygen atoms in total. The zero-order valence-electron chi connectivity index (χ0n) is 15.0. The molecule has 26 heavy (non-hydrogen) atoms. The first-order chi connectivity index (χ1) is 12.6. The monoisotopic (exact) mass is 370 g/mol. The molecule has 2 heterocycles. The van der Waals surface area contributed by atoms with E-state index in [9.17, 15) is 9.59 Å². The van der Waals surface area contributed by atoms with Crippen LogP contribution in [0, 0.1) is 0 Å². The SMILES string of the molecule is CCOC(=O)c1c(NC(=O)/C=C\c2ccccc2)sc2c1CCN(C)C2. The van der Waals surface area contributed by atoms with Crippen molar-refractivity contribution in [2.75, 3.05) is 25.5 Å². The highest BCUT2D eigenvalue weighted by Gasteiger charge is 2.28. The summed E-state index contributed by atoms with van der Waals surface area (Å²) < 4.78 is 5.22. The van der Waals surface area contributed by atoms with Crippen molar-refractivity contribution in [3.05, 3.63) is 58.0 Å². The van der Waals surface area contributed by atoms with Gasteiger partial charge in [-0.1, -0.05) is 30.3 Å². The highest BCUT2D eigenvalue weighted by Crippen LogP contribution is 2.37. The Bertz CT molecular complexity index is 827. The van der Waals surface area contributed by atoms with E-state index in [0.717, 1.165) is 35.5 Å². The first-order valence-electron chi connectivity index (χ1n) is 8.62. The summed E-state index contributed by atoms with van der Waals surface area (Å²) in [5.41, 5.74) is 2.47. The number of carbonyl (C=O) groups excluding carboxylic acids is 2. The van der Waals surface area contributed by atoms with Crippen LogP contribution in [0.3, 0.4) is 0 Å². The molecule has 0 spiro atoms. The van der Waals surface area contributed by atoms with Crippen molar-refractivity contribution in [2.45, 2.75) is 19.9 Å². The number of nitrogens with zero attached hydrogens (tertiary/aromatic N) is 1. The number of carbonyl (C=O) groups is 2. The number of hydrogen-bond acceptors (Lipinski definition) is 5. The number of nitrogens with one attached hydrogen (secondary N) is 1. The Morgan fingerprint density at radius 3 is 2.81 bits per heavy atom. The second kappa shape index (κ2) is 8.29. The number of hydrogen-bond donors (Lipinski definition) is 1. The summed E-state index contributed by atoms with van der Waals surface area (Å²) >= 11 is 1.46. The number of rotatable bonds is 5. The minimum Gasteiger partial charge on any atom is -0.462 e. The smallest absolute Gasteiger partial charge is 0.341 e. The number of amides is 1. The Labute approximate surface area is 157 Å². The predicted molar refractivity (Wildman–Crippen MR) is 104 cm³/mol. The molecule has 0 saturated heterocycles. The molecule has 1 N–H and O–H groups in total. The van der Waals surface area contributed by atoms with Crippen LogP contribution in [0.25, 0.3) is 6.08 Å². The Hall–Kier alpha value is -2.44. The van der Waals surface area contributed by atoms with Gasteiger partial charge in [0.25, 0.3) is 0 Å². The highest BCUT2D eigenvalue weighted by atomic mass is 32.1. The number of likely N-dealkylation sites (N-methyl/N-ethyl adjacent to an activating group) is 1. The Morgan fingerprint density at radius 1 is 1.31 bits per heavy atom. The molecule has 0 radical (unpaired) electrons. The average molecular weight is 370 g/mol. The van der Waals surface area contributed by atoms with Crippen LogP contribution in [-0.2, 0) is 22.5 Å². The van der Waals surface area contributed by atoms with Gasteiger partial charge in [-0.2, -0.15) is 0 Å². The number of ether oxygens (including phenoxy) is 1. The van der Waals surface area contributed by atoms with Crippen LogP contribution in [0.5, 0.6) is 0 Å². The van der Waals surface area contributed by atoms with Gasteiger partial charge in [-0.3, -0.25) is 4.79 Å². The summed E-state index contributed by atoms with van der Waals surface area (Å²) in [5.74, 6) is -0.622. The molecule has 0 saturated carbocycles. The maximum Gasteiger partial charge on any atom is 0.341 e. The summed E-state index contributed by atoms with van der Waals surface area (Å²) in [5, 5.41) is 3.44. The molecular weight excluding hydrogens is 348 g/mol. The molecular formula is C20H22N2O3S. The van der Waals surface area contributed by atoms with Crippen LogP contribution in [-0.4, -0.2) is 37.0 Å². The molecule has 3 rings (SSSR count). The molecule has 0 aliphatic carbocycles. The molecule has 1 aliphatic heterocycles. The van der Waals surface area contributed by atoms with Crippen LogP contribution >= 0.6 is 11.3 Å². The molecule has 1 aromatic carbocycles. The third-order valence-electron chi connectivity index (χ3n) is 4.19. The summed E-state index contributed by atoms with van der Waals surface area (Å²) in [6.07, 6.45) is 4.02. The molecule has 0 atom stereocenters. The topological polar surface area (TPSA) is 58.6 Å². The molecule has 1 aliphatic rings. The number of anilines is 1. The van der Waals surface area contributed by atoms with E-state index in [1.165, 1.54) is 17.4 Å². The lowest BCUT2D eigenvalue weighted by Gasteiger charge is -2.22. The van der Waals surface area contributed by atoms with Crippen molar-refractivity contribution >= 4 is 34.3 Å². The van der Waals surface area contributed by atoms with Gasteiger partial charge in [0, 0.05) is 24.0 Å². The van der Waals surface area contributed by atoms with Gasteiger partial charge in [-0.15, -0.1) is 11.3 Å². The van der Waals surface area contributed by atoms with E-state index >= 15 is 0 Å². The van der Waals surface area contributed by atoms with Crippen molar-refractivity contribution in [3.8, 4) is 0 Å². The van der Waals surface area contributed by atoms with Crippen LogP contribution in [0.2, 0.25) is 0 Å². The zero-order valence-corrected chi connectivity index (χ0v) is 15.8. The van der Waals surface area contributed by atoms with Crippen LogP contribution in [0.4, 0.5) is 5.00 Å². The van der Waals surface area contributed by atoms with E-state index in [0.29, 0.717) is 17.2 Å². The maximum absolute atomic E-state index is 12.4. The Balaban J connectivity index is 1.83. The van der Waals surface area contributed by atoms with Gasteiger partial charge >= 0.3 is 5.97 Å². The maximum atomic E-state index is 12.4. The lowest BCUT2D eigenvalue weighted by molar-refractivity contribution is -0.111. The second-order valence-corrected chi connectivity index (χ2v) is 7.25. The van der Waals surface area contributed by atoms with Crippen molar-refractivity contribution in [1.29, 1.82) is 0 Å². The van der Waals surface area contributed by atoms with E-state index in [-0.39, 0.29) is 11.9 Å². The van der Waals surface area contributed by atoms with Crippen molar-refractivity contribution in [1.82, 2.24) is 4.90 Å². The molecule has 1 amide bonds. The molecule has 0 fully saturated rings. The molecule has 0 unspecified atom stereocenters. The number of fused-ring (bicyclic) bond motifs is 1. The second-order valence-electron chi connectivity index (χ2n) is 6.15. The fourth-order valence-electron chi connectivity index (χ4n) is 2.93. The van der Waals surface area contributed by atoms with Gasteiger partial charge in [0.15, 0.2) is 0 Å². The molecule has 0 bridgehead atoms. The van der Waals surface area contributed by atoms with E-state index in [1.54, 1.807) is 13.0 Å². The van der Waals surface area contributed by atoms with Gasteiger partial charge < -0.3 is 15.0 Å². The van der Waals surface area contributed by atoms with Crippen molar-refractivity contribution < 1.29 is 14.3 Å². The molecule has 2 aromatic rings. The van der Waals surface area contributed by atoms with E-state index in [1.807, 2.05) is 37.4 Å². The average Bonchev–Trinajstić information content (AvgIpc) is 2.98. The zero-order chi connectivity index (χ0) is 18.5. The largest absolute Gasteiger partial charge is 0.462 e. The minimum absolute atomic E-state index is 0.258. The van der Waals surface area contributed by atoms with E-state index in [2.05, 4.69) is 10.2 Å². The summed E-state index contributed by atoms with van der Waals surface area (Å²) in [4.78, 5) is 28.1. The fraction of sp³-hybridized carbons (Fsp3) is 0.300. The number of thiophene rings is 1. The van der Waals surface area contributed by atoms with E-state index in [4.69, 9.17) is 4.74 Å². The summed E-state index contributed by atoms with van der Waals surface area (Å²) in [6, 6.07) is 9.61. The van der Waals surface area contributed by atoms with Gasteiger partial charge in [0.1, 0.15) is 5.00 Å². The third kappa shape index (κ3) is 4.20. The standard InChI is InChI=1S/C20H22N2O3S/c1-3-25-20(24)18-15-11-12-22(2)13-16(15)26-19(18)21-17(23)10-9-14-7-5-4-6-8-14/h4-10H,3,11-13H2,1-2H3,(H,21,23)/b10-9-. The number of esters is 1. The van der Waals surface area contributed by atoms with Gasteiger partial charge in [0.05, 0.1) is 12.2 Å². The van der Waals surface area contributed by atoms with Crippen LogP contribution in [0.15, 0.2) is 36.4 Å². The number of benzene rings is 1. The first kappa shape index (κ1) is 18.4. The van der Waals surface area contributed by atoms with Crippen LogP contribution in [0.1, 0.15) is 33.3 Å². The third-order valence-corrected chi connectivity index (χ3v) is 5.32. The lowest BCUT2D eigenvalue weighted by Crippen LogP contribution is -2.26. The van der Waals surface area contributed by atoms with Gasteiger partial charge in [-0.05, 0) is 37.6 Å². The minimum atomic E-state index is -0.364. The normalized spacial score (nSPS) is 14.2. The fourth-order valence-corrected chi connectivity index (χ4v) is 4.25. The summed E-state index contributed by atoms with van der Waals surface area (Å²) in [6.45, 7) is 3.76. The van der Waals surface area contributed by atoms with Crippen molar-refractivity contribution in [2.24, 2.45) is 0 Å². The highest BCUT2D eigenvalue weighted by molar-refractivity contribution is 7.17. The Morgan fingerprint density at radius 2 is 2.08 bits per heavy atom. The predicted octanol–water partition coefficient (Wildman–Crippen LogP) is 3.56. The van der Waals surface area contributed by atoms with Gasteiger partial charge in [-0.25, -0.2) is 4.79 Å². The van der Waals surface area contributed by atoms with E-state index < -0.39 is 0 Å². The molecule has 1 aromatic heterocycles. The van der Waals surface area contributed by atoms with Crippen molar-refractivity contribution in [3.63, 3.8) is 0 Å². The quantitative estimate of drug-likeness (QED) is 0.646. The lowest BCUT2D eigenvalue weighted by atomic mass is 10.0. The summed E-state index contributed by atoms with van der Waals surface area (Å²) in [7, 11) is 2.05. The molecule has 136 valence electrons.